The molecule has 0 aromatic heterocycles. The van der Waals surface area contributed by atoms with Crippen molar-refractivity contribution in [3.8, 4) is 0 Å². The largest absolute Gasteiger partial charge is 0.312 e. The Morgan fingerprint density at radius 3 is 2.05 bits per heavy atom. The highest BCUT2D eigenvalue weighted by atomic mass is 19.2. The van der Waals surface area contributed by atoms with E-state index in [4.69, 9.17) is 0 Å². The quantitative estimate of drug-likeness (QED) is 0.812. The summed E-state index contributed by atoms with van der Waals surface area (Å²) < 4.78 is 40.0. The topological polar surface area (TPSA) is 12.0 Å². The summed E-state index contributed by atoms with van der Waals surface area (Å²) in [7, 11) is 0. The van der Waals surface area contributed by atoms with Gasteiger partial charge in [0.1, 0.15) is 0 Å². The number of rotatable bonds is 4. The second-order valence-corrected chi connectivity index (χ2v) is 6.53. The molecule has 1 nitrogen and oxygen atoms in total. The second-order valence-electron chi connectivity index (χ2n) is 6.53. The summed E-state index contributed by atoms with van der Waals surface area (Å²) >= 11 is 0. The number of benzene rings is 1. The average Bonchev–Trinajstić information content (AvgIpc) is 2.23. The zero-order chi connectivity index (χ0) is 14.8. The van der Waals surface area contributed by atoms with Crippen LogP contribution in [0.2, 0.25) is 0 Å². The van der Waals surface area contributed by atoms with E-state index < -0.39 is 22.9 Å². The highest BCUT2D eigenvalue weighted by molar-refractivity contribution is 5.27. The molecule has 1 aromatic carbocycles. The molecule has 0 aliphatic rings. The Kier molecular flexibility index (Phi) is 4.67. The van der Waals surface area contributed by atoms with Gasteiger partial charge in [0, 0.05) is 5.54 Å². The molecule has 0 saturated heterocycles. The van der Waals surface area contributed by atoms with Crippen LogP contribution in [0.25, 0.3) is 0 Å². The predicted molar refractivity (Wildman–Crippen MR) is 71.7 cm³/mol. The lowest BCUT2D eigenvalue weighted by Gasteiger charge is -2.28. The van der Waals surface area contributed by atoms with Crippen molar-refractivity contribution < 1.29 is 13.2 Å². The second kappa shape index (κ2) is 5.53. The van der Waals surface area contributed by atoms with Crippen LogP contribution in [0.1, 0.15) is 46.6 Å². The molecule has 108 valence electrons. The maximum atomic E-state index is 13.8. The van der Waals surface area contributed by atoms with Crippen molar-refractivity contribution in [3.63, 3.8) is 0 Å². The van der Waals surface area contributed by atoms with Crippen molar-refractivity contribution in [2.45, 2.75) is 52.0 Å². The van der Waals surface area contributed by atoms with Gasteiger partial charge in [0.25, 0.3) is 0 Å². The highest BCUT2D eigenvalue weighted by Gasteiger charge is 2.27. The number of hydrogen-bond acceptors (Lipinski definition) is 1. The van der Waals surface area contributed by atoms with Crippen LogP contribution >= 0.6 is 0 Å². The molecule has 1 N–H and O–H groups in total. The van der Waals surface area contributed by atoms with Crippen LogP contribution in [0, 0.1) is 17.5 Å². The summed E-state index contributed by atoms with van der Waals surface area (Å²) in [5.41, 5.74) is -0.373. The van der Waals surface area contributed by atoms with Crippen LogP contribution in [0.3, 0.4) is 0 Å². The van der Waals surface area contributed by atoms with Gasteiger partial charge in [0.2, 0.25) is 0 Å². The summed E-state index contributed by atoms with van der Waals surface area (Å²) in [5, 5.41) is 3.30. The van der Waals surface area contributed by atoms with Gasteiger partial charge in [-0.25, -0.2) is 13.2 Å². The Balaban J connectivity index is 2.86. The molecule has 0 spiro atoms. The Labute approximate surface area is 113 Å². The summed E-state index contributed by atoms with van der Waals surface area (Å²) in [6, 6.07) is 2.30. The first-order valence-electron chi connectivity index (χ1n) is 6.43. The van der Waals surface area contributed by atoms with Gasteiger partial charge in [0.15, 0.2) is 17.5 Å². The van der Waals surface area contributed by atoms with E-state index >= 15 is 0 Å². The van der Waals surface area contributed by atoms with E-state index in [1.165, 1.54) is 6.07 Å². The van der Waals surface area contributed by atoms with E-state index in [-0.39, 0.29) is 11.1 Å². The van der Waals surface area contributed by atoms with Crippen molar-refractivity contribution in [3.05, 3.63) is 35.1 Å². The Bertz CT molecular complexity index is 447. The third-order valence-corrected chi connectivity index (χ3v) is 3.17. The van der Waals surface area contributed by atoms with E-state index in [0.717, 1.165) is 6.07 Å². The maximum absolute atomic E-state index is 13.8. The number of nitrogens with one attached hydrogen (secondary N) is 1. The summed E-state index contributed by atoms with van der Waals surface area (Å²) in [5.74, 6) is -3.63. The van der Waals surface area contributed by atoms with Gasteiger partial charge < -0.3 is 5.32 Å². The van der Waals surface area contributed by atoms with E-state index in [9.17, 15) is 13.2 Å². The van der Waals surface area contributed by atoms with Crippen molar-refractivity contribution in [1.29, 1.82) is 0 Å². The SMILES string of the molecule is CC(C)(C)NCCC(C)(C)c1ccc(F)c(F)c1F. The zero-order valence-electron chi connectivity index (χ0n) is 12.2. The fourth-order valence-electron chi connectivity index (χ4n) is 1.93. The van der Waals surface area contributed by atoms with Gasteiger partial charge in [-0.15, -0.1) is 0 Å². The molecule has 1 rings (SSSR count). The molecule has 0 amide bonds. The number of hydrogen-bond donors (Lipinski definition) is 1. The summed E-state index contributed by atoms with van der Waals surface area (Å²) in [4.78, 5) is 0. The van der Waals surface area contributed by atoms with Crippen molar-refractivity contribution in [1.82, 2.24) is 5.32 Å². The molecule has 0 fully saturated rings. The molecule has 0 heterocycles. The van der Waals surface area contributed by atoms with Crippen LogP contribution in [-0.4, -0.2) is 12.1 Å². The van der Waals surface area contributed by atoms with Crippen LogP contribution in [-0.2, 0) is 5.41 Å². The minimum Gasteiger partial charge on any atom is -0.312 e. The molecule has 0 unspecified atom stereocenters. The Hall–Kier alpha value is -1.03. The van der Waals surface area contributed by atoms with E-state index in [1.807, 2.05) is 34.6 Å². The van der Waals surface area contributed by atoms with Crippen molar-refractivity contribution >= 4 is 0 Å². The lowest BCUT2D eigenvalue weighted by molar-refractivity contribution is 0.363. The first-order valence-corrected chi connectivity index (χ1v) is 6.43. The smallest absolute Gasteiger partial charge is 0.194 e. The summed E-state index contributed by atoms with van der Waals surface area (Å²) in [6.45, 7) is 10.4. The Morgan fingerprint density at radius 1 is 0.947 bits per heavy atom. The summed E-state index contributed by atoms with van der Waals surface area (Å²) in [6.07, 6.45) is 0.631. The minimum absolute atomic E-state index is 0.0251. The molecular weight excluding hydrogens is 251 g/mol. The molecule has 19 heavy (non-hydrogen) atoms. The van der Waals surface area contributed by atoms with Crippen LogP contribution in [0.15, 0.2) is 12.1 Å². The van der Waals surface area contributed by atoms with E-state index in [2.05, 4.69) is 5.32 Å². The van der Waals surface area contributed by atoms with Gasteiger partial charge in [-0.05, 0) is 50.8 Å². The molecule has 0 bridgehead atoms. The molecule has 0 saturated carbocycles. The normalized spacial score (nSPS) is 12.8. The maximum Gasteiger partial charge on any atom is 0.194 e. The number of halogens is 3. The molecule has 0 radical (unpaired) electrons. The van der Waals surface area contributed by atoms with Gasteiger partial charge in [-0.3, -0.25) is 0 Å². The van der Waals surface area contributed by atoms with Gasteiger partial charge in [-0.2, -0.15) is 0 Å². The zero-order valence-corrected chi connectivity index (χ0v) is 12.2. The lowest BCUT2D eigenvalue weighted by atomic mass is 9.81. The van der Waals surface area contributed by atoms with Crippen LogP contribution < -0.4 is 5.32 Å². The van der Waals surface area contributed by atoms with Crippen LogP contribution in [0.5, 0.6) is 0 Å². The van der Waals surface area contributed by atoms with E-state index in [0.29, 0.717) is 13.0 Å². The highest BCUT2D eigenvalue weighted by Crippen LogP contribution is 2.30. The standard InChI is InChI=1S/C15H22F3N/c1-14(2,3)19-9-8-15(4,5)10-6-7-11(16)13(18)12(10)17/h6-7,19H,8-9H2,1-5H3. The molecule has 0 aliphatic carbocycles. The third kappa shape index (κ3) is 4.23. The average molecular weight is 273 g/mol. The molecule has 1 aromatic rings. The fraction of sp³-hybridized carbons (Fsp3) is 0.600. The first kappa shape index (κ1) is 16.0. The lowest BCUT2D eigenvalue weighted by Crippen LogP contribution is -2.38. The molecule has 0 aliphatic heterocycles. The Morgan fingerprint density at radius 2 is 1.53 bits per heavy atom. The predicted octanol–water partition coefficient (Wildman–Crippen LogP) is 4.16. The minimum atomic E-state index is -1.39. The van der Waals surface area contributed by atoms with Crippen molar-refractivity contribution in [2.24, 2.45) is 0 Å². The third-order valence-electron chi connectivity index (χ3n) is 3.17. The van der Waals surface area contributed by atoms with Gasteiger partial charge in [-0.1, -0.05) is 19.9 Å². The van der Waals surface area contributed by atoms with E-state index in [1.54, 1.807) is 0 Å². The fourth-order valence-corrected chi connectivity index (χ4v) is 1.93. The van der Waals surface area contributed by atoms with Gasteiger partial charge in [0.05, 0.1) is 0 Å². The first-order chi connectivity index (χ1) is 8.54. The van der Waals surface area contributed by atoms with Crippen molar-refractivity contribution in [2.75, 3.05) is 6.54 Å². The molecular formula is C15H22F3N. The molecule has 4 heteroatoms. The van der Waals surface area contributed by atoms with Crippen LogP contribution in [0.4, 0.5) is 13.2 Å². The monoisotopic (exact) mass is 273 g/mol. The van der Waals surface area contributed by atoms with Gasteiger partial charge >= 0.3 is 0 Å². The molecule has 0 atom stereocenters.